The summed E-state index contributed by atoms with van der Waals surface area (Å²) in [4.78, 5) is 5.79. The van der Waals surface area contributed by atoms with E-state index in [0.717, 1.165) is 33.6 Å². The molecule has 0 bridgehead atoms. The van der Waals surface area contributed by atoms with Gasteiger partial charge in [0.25, 0.3) is 0 Å². The number of nitrogens with zero attached hydrogens (tertiary/aromatic N) is 5. The van der Waals surface area contributed by atoms with Gasteiger partial charge in [-0.05, 0) is 37.4 Å². The molecular weight excluding hydrogens is 328 g/mol. The van der Waals surface area contributed by atoms with Crippen LogP contribution in [-0.4, -0.2) is 24.8 Å². The lowest BCUT2D eigenvalue weighted by molar-refractivity contribution is 0.923. The second-order valence-electron chi connectivity index (χ2n) is 5.13. The van der Waals surface area contributed by atoms with Crippen LogP contribution < -0.4 is 5.32 Å². The Morgan fingerprint density at radius 2 is 2.09 bits per heavy atom. The van der Waals surface area contributed by atoms with E-state index in [1.54, 1.807) is 27.2 Å². The summed E-state index contributed by atoms with van der Waals surface area (Å²) in [5.41, 5.74) is 2.85. The Morgan fingerprint density at radius 3 is 2.83 bits per heavy atom. The van der Waals surface area contributed by atoms with Gasteiger partial charge in [0.1, 0.15) is 10.8 Å². The molecule has 0 aliphatic rings. The Balaban J connectivity index is 1.62. The molecule has 4 aromatic rings. The molecule has 116 valence electrons. The average molecular weight is 342 g/mol. The van der Waals surface area contributed by atoms with Crippen molar-refractivity contribution in [2.75, 3.05) is 5.32 Å². The van der Waals surface area contributed by atoms with E-state index in [9.17, 15) is 0 Å². The summed E-state index contributed by atoms with van der Waals surface area (Å²) < 4.78 is 1.77. The van der Waals surface area contributed by atoms with E-state index >= 15 is 0 Å². The molecule has 0 saturated carbocycles. The van der Waals surface area contributed by atoms with Gasteiger partial charge >= 0.3 is 0 Å². The summed E-state index contributed by atoms with van der Waals surface area (Å²) >= 11 is 3.34. The van der Waals surface area contributed by atoms with Crippen LogP contribution in [0.2, 0.25) is 0 Å². The molecule has 0 amide bonds. The molecule has 0 fully saturated rings. The Labute approximate surface area is 140 Å². The van der Waals surface area contributed by atoms with Gasteiger partial charge in [-0.2, -0.15) is 15.9 Å². The van der Waals surface area contributed by atoms with Crippen molar-refractivity contribution in [3.05, 3.63) is 44.5 Å². The first-order valence-electron chi connectivity index (χ1n) is 7.12. The fourth-order valence-electron chi connectivity index (χ4n) is 2.24. The molecular formula is C15H14N6S2. The van der Waals surface area contributed by atoms with Crippen LogP contribution in [0.25, 0.3) is 17.0 Å². The number of aromatic nitrogens is 5. The summed E-state index contributed by atoms with van der Waals surface area (Å²) in [6.45, 7) is 4.78. The maximum atomic E-state index is 4.60. The molecule has 0 unspecified atom stereocenters. The van der Waals surface area contributed by atoms with Gasteiger partial charge in [-0.1, -0.05) is 0 Å². The maximum Gasteiger partial charge on any atom is 0.186 e. The van der Waals surface area contributed by atoms with Gasteiger partial charge in [0, 0.05) is 15.8 Å². The van der Waals surface area contributed by atoms with Crippen LogP contribution in [0.15, 0.2) is 29.0 Å². The summed E-state index contributed by atoms with van der Waals surface area (Å²) in [6, 6.07) is 5.84. The zero-order chi connectivity index (χ0) is 15.8. The van der Waals surface area contributed by atoms with Crippen LogP contribution in [0.1, 0.15) is 15.6 Å². The number of thiophene rings is 1. The van der Waals surface area contributed by atoms with Gasteiger partial charge in [-0.3, -0.25) is 0 Å². The first-order chi connectivity index (χ1) is 11.2. The minimum absolute atomic E-state index is 0.660. The molecule has 4 heterocycles. The molecule has 4 rings (SSSR count). The second-order valence-corrected chi connectivity index (χ2v) is 7.19. The van der Waals surface area contributed by atoms with E-state index in [-0.39, 0.29) is 0 Å². The van der Waals surface area contributed by atoms with Gasteiger partial charge < -0.3 is 5.32 Å². The fraction of sp³-hybridized carbons (Fsp3) is 0.200. The lowest BCUT2D eigenvalue weighted by Gasteiger charge is -2.04. The normalized spacial score (nSPS) is 11.2. The summed E-state index contributed by atoms with van der Waals surface area (Å²) in [5, 5.41) is 21.4. The Morgan fingerprint density at radius 1 is 1.17 bits per heavy atom. The minimum atomic E-state index is 0.660. The zero-order valence-electron chi connectivity index (χ0n) is 12.6. The zero-order valence-corrected chi connectivity index (χ0v) is 14.3. The number of aryl methyl sites for hydroxylation is 2. The monoisotopic (exact) mass is 342 g/mol. The summed E-state index contributed by atoms with van der Waals surface area (Å²) in [7, 11) is 0. The van der Waals surface area contributed by atoms with Crippen molar-refractivity contribution >= 4 is 34.1 Å². The largest absolute Gasteiger partial charge is 0.362 e. The lowest BCUT2D eigenvalue weighted by Crippen LogP contribution is -2.04. The number of nitrogens with one attached hydrogen (secondary N) is 1. The summed E-state index contributed by atoms with van der Waals surface area (Å²) in [5.74, 6) is 1.53. The first kappa shape index (κ1) is 14.3. The molecule has 0 aliphatic carbocycles. The molecule has 0 saturated heterocycles. The van der Waals surface area contributed by atoms with Crippen molar-refractivity contribution < 1.29 is 0 Å². The highest BCUT2D eigenvalue weighted by atomic mass is 32.1. The molecule has 23 heavy (non-hydrogen) atoms. The molecule has 0 radical (unpaired) electrons. The number of anilines is 1. The van der Waals surface area contributed by atoms with E-state index in [4.69, 9.17) is 0 Å². The van der Waals surface area contributed by atoms with Gasteiger partial charge in [-0.25, -0.2) is 4.98 Å². The van der Waals surface area contributed by atoms with Gasteiger partial charge in [0.2, 0.25) is 0 Å². The van der Waals surface area contributed by atoms with Crippen molar-refractivity contribution in [2.24, 2.45) is 0 Å². The number of hydrogen-bond acceptors (Lipinski definition) is 7. The number of rotatable bonds is 4. The van der Waals surface area contributed by atoms with Gasteiger partial charge in [0.15, 0.2) is 11.5 Å². The van der Waals surface area contributed by atoms with E-state index in [1.165, 1.54) is 4.88 Å². The van der Waals surface area contributed by atoms with Crippen LogP contribution in [0.3, 0.4) is 0 Å². The number of hydrogen-bond donors (Lipinski definition) is 1. The van der Waals surface area contributed by atoms with Gasteiger partial charge in [-0.15, -0.1) is 26.6 Å². The van der Waals surface area contributed by atoms with Crippen LogP contribution in [-0.2, 0) is 6.54 Å². The topological polar surface area (TPSA) is 68.0 Å². The third-order valence-corrected chi connectivity index (χ3v) is 5.29. The first-order valence-corrected chi connectivity index (χ1v) is 8.88. The van der Waals surface area contributed by atoms with Crippen LogP contribution >= 0.6 is 22.7 Å². The standard InChI is InChI=1S/C15H14N6S2/c1-9-10(2)23-14(17-9)7-16-12-3-4-13-18-19-15(21(13)20-12)11-5-6-22-8-11/h3-6,8H,7H2,1-2H3,(H,16,20). The average Bonchev–Trinajstić information content (AvgIpc) is 3.25. The Hall–Kier alpha value is -2.32. The molecule has 1 N–H and O–H groups in total. The predicted molar refractivity (Wildman–Crippen MR) is 93.0 cm³/mol. The molecule has 0 atom stereocenters. The second kappa shape index (κ2) is 5.71. The van der Waals surface area contributed by atoms with Crippen molar-refractivity contribution in [3.8, 4) is 11.4 Å². The van der Waals surface area contributed by atoms with E-state index in [1.807, 2.05) is 35.9 Å². The van der Waals surface area contributed by atoms with Gasteiger partial charge in [0.05, 0.1) is 12.2 Å². The smallest absolute Gasteiger partial charge is 0.186 e. The third-order valence-electron chi connectivity index (χ3n) is 3.54. The highest BCUT2D eigenvalue weighted by molar-refractivity contribution is 7.11. The van der Waals surface area contributed by atoms with Crippen molar-refractivity contribution in [1.82, 2.24) is 24.8 Å². The van der Waals surface area contributed by atoms with Crippen LogP contribution in [0, 0.1) is 13.8 Å². The SMILES string of the molecule is Cc1nc(CNc2ccc3nnc(-c4ccsc4)n3n2)sc1C. The maximum absolute atomic E-state index is 4.60. The van der Waals surface area contributed by atoms with E-state index < -0.39 is 0 Å². The Kier molecular flexibility index (Phi) is 3.55. The number of thiazole rings is 1. The summed E-state index contributed by atoms with van der Waals surface area (Å²) in [6.07, 6.45) is 0. The highest BCUT2D eigenvalue weighted by Crippen LogP contribution is 2.21. The molecule has 4 aromatic heterocycles. The lowest BCUT2D eigenvalue weighted by atomic mass is 10.3. The van der Waals surface area contributed by atoms with Crippen molar-refractivity contribution in [1.29, 1.82) is 0 Å². The quantitative estimate of drug-likeness (QED) is 0.614. The van der Waals surface area contributed by atoms with Crippen LogP contribution in [0.4, 0.5) is 5.82 Å². The molecule has 0 aliphatic heterocycles. The van der Waals surface area contributed by atoms with E-state index in [2.05, 4.69) is 32.5 Å². The Bertz CT molecular complexity index is 934. The predicted octanol–water partition coefficient (Wildman–Crippen LogP) is 3.54. The number of fused-ring (bicyclic) bond motifs is 1. The highest BCUT2D eigenvalue weighted by Gasteiger charge is 2.10. The van der Waals surface area contributed by atoms with Crippen LogP contribution in [0.5, 0.6) is 0 Å². The van der Waals surface area contributed by atoms with Crippen molar-refractivity contribution in [3.63, 3.8) is 0 Å². The molecule has 0 aromatic carbocycles. The third kappa shape index (κ3) is 2.71. The fourth-order valence-corrected chi connectivity index (χ4v) is 3.74. The minimum Gasteiger partial charge on any atom is -0.362 e. The van der Waals surface area contributed by atoms with E-state index in [0.29, 0.717) is 6.54 Å². The molecule has 8 heteroatoms. The molecule has 0 spiro atoms. The molecule has 6 nitrogen and oxygen atoms in total. The van der Waals surface area contributed by atoms with Crippen molar-refractivity contribution in [2.45, 2.75) is 20.4 Å².